The van der Waals surface area contributed by atoms with Gasteiger partial charge >= 0.3 is 0 Å². The lowest BCUT2D eigenvalue weighted by Gasteiger charge is -2.09. The molecule has 2 rings (SSSR count). The largest absolute Gasteiger partial charge is 0.383 e. The number of hydrogen-bond donors (Lipinski definition) is 1. The van der Waals surface area contributed by atoms with Crippen LogP contribution < -0.4 is 0 Å². The van der Waals surface area contributed by atoms with Crippen molar-refractivity contribution in [1.29, 1.82) is 0 Å². The Morgan fingerprint density at radius 3 is 2.62 bits per heavy atom. The number of halogens is 3. The van der Waals surface area contributed by atoms with E-state index >= 15 is 0 Å². The van der Waals surface area contributed by atoms with Crippen LogP contribution in [0.4, 0.5) is 4.39 Å². The first-order valence-corrected chi connectivity index (χ1v) is 6.44. The maximum absolute atomic E-state index is 13.1. The van der Waals surface area contributed by atoms with Crippen molar-refractivity contribution < 1.29 is 9.50 Å². The summed E-state index contributed by atoms with van der Waals surface area (Å²) < 4.78 is 14.3. The highest BCUT2D eigenvalue weighted by Crippen LogP contribution is 2.32. The van der Waals surface area contributed by atoms with Gasteiger partial charge in [0.15, 0.2) is 0 Å². The van der Waals surface area contributed by atoms with E-state index in [2.05, 4.69) is 15.9 Å². The average Bonchev–Trinajstić information content (AvgIpc) is 2.62. The highest BCUT2D eigenvalue weighted by atomic mass is 79.9. The molecular weight excluding hydrogens is 315 g/mol. The fourth-order valence-electron chi connectivity index (χ4n) is 1.37. The van der Waals surface area contributed by atoms with Gasteiger partial charge in [0.1, 0.15) is 11.9 Å². The molecule has 1 unspecified atom stereocenters. The van der Waals surface area contributed by atoms with Gasteiger partial charge in [0.25, 0.3) is 0 Å². The molecule has 0 saturated carbocycles. The molecule has 84 valence electrons. The van der Waals surface area contributed by atoms with E-state index < -0.39 is 6.10 Å². The summed E-state index contributed by atoms with van der Waals surface area (Å²) in [6, 6.07) is 7.78. The quantitative estimate of drug-likeness (QED) is 0.870. The summed E-state index contributed by atoms with van der Waals surface area (Å²) in [7, 11) is 0. The molecule has 0 aliphatic carbocycles. The number of thiophene rings is 1. The highest BCUT2D eigenvalue weighted by molar-refractivity contribution is 9.10. The molecule has 1 N–H and O–H groups in total. The van der Waals surface area contributed by atoms with Gasteiger partial charge < -0.3 is 5.11 Å². The van der Waals surface area contributed by atoms with E-state index in [4.69, 9.17) is 11.6 Å². The molecule has 1 atom stereocenters. The van der Waals surface area contributed by atoms with Crippen LogP contribution in [0.25, 0.3) is 0 Å². The lowest BCUT2D eigenvalue weighted by molar-refractivity contribution is 0.223. The monoisotopic (exact) mass is 320 g/mol. The van der Waals surface area contributed by atoms with Crippen LogP contribution in [-0.4, -0.2) is 5.11 Å². The van der Waals surface area contributed by atoms with E-state index in [1.165, 1.54) is 23.5 Å². The van der Waals surface area contributed by atoms with E-state index in [1.807, 2.05) is 0 Å². The van der Waals surface area contributed by atoms with Gasteiger partial charge in [-0.25, -0.2) is 4.39 Å². The normalized spacial score (nSPS) is 12.8. The van der Waals surface area contributed by atoms with Crippen LogP contribution in [0.2, 0.25) is 4.34 Å². The second-order valence-electron chi connectivity index (χ2n) is 3.25. The van der Waals surface area contributed by atoms with Gasteiger partial charge in [-0.05, 0) is 35.9 Å². The highest BCUT2D eigenvalue weighted by Gasteiger charge is 2.14. The molecule has 0 amide bonds. The Morgan fingerprint density at radius 1 is 1.31 bits per heavy atom. The molecule has 1 nitrogen and oxygen atoms in total. The second kappa shape index (κ2) is 4.84. The predicted octanol–water partition coefficient (Wildman–Crippen LogP) is 4.38. The summed E-state index contributed by atoms with van der Waals surface area (Å²) in [5, 5.41) is 10.0. The van der Waals surface area contributed by atoms with E-state index in [0.29, 0.717) is 19.2 Å². The molecule has 0 bridgehead atoms. The first-order valence-electron chi connectivity index (χ1n) is 4.45. The van der Waals surface area contributed by atoms with E-state index in [-0.39, 0.29) is 5.82 Å². The van der Waals surface area contributed by atoms with Gasteiger partial charge in [-0.15, -0.1) is 11.3 Å². The van der Waals surface area contributed by atoms with Crippen molar-refractivity contribution in [3.63, 3.8) is 0 Å². The summed E-state index contributed by atoms with van der Waals surface area (Å²) in [5.41, 5.74) is 0.505. The number of hydrogen-bond acceptors (Lipinski definition) is 2. The third kappa shape index (κ3) is 2.63. The van der Waals surface area contributed by atoms with Crippen molar-refractivity contribution in [2.24, 2.45) is 0 Å². The number of benzene rings is 1. The number of aliphatic hydroxyl groups is 1. The Hall–Kier alpha value is -0.420. The zero-order chi connectivity index (χ0) is 11.7. The van der Waals surface area contributed by atoms with Crippen LogP contribution in [0.3, 0.4) is 0 Å². The average molecular weight is 322 g/mol. The molecule has 0 aliphatic rings. The molecule has 1 aromatic carbocycles. The Kier molecular flexibility index (Phi) is 3.64. The minimum atomic E-state index is -0.843. The topological polar surface area (TPSA) is 20.2 Å². The van der Waals surface area contributed by atoms with Crippen molar-refractivity contribution in [2.75, 3.05) is 0 Å². The van der Waals surface area contributed by atoms with Gasteiger partial charge in [-0.3, -0.25) is 0 Å². The molecule has 5 heteroatoms. The van der Waals surface area contributed by atoms with Gasteiger partial charge in [-0.1, -0.05) is 27.5 Å². The van der Waals surface area contributed by atoms with Gasteiger partial charge in [0.2, 0.25) is 0 Å². The number of aliphatic hydroxyl groups excluding tert-OH is 1. The molecule has 0 aliphatic heterocycles. The minimum Gasteiger partial charge on any atom is -0.383 e. The molecule has 0 spiro atoms. The molecule has 1 aromatic heterocycles. The van der Waals surface area contributed by atoms with E-state index in [0.717, 1.165) is 0 Å². The van der Waals surface area contributed by atoms with Crippen LogP contribution in [0.15, 0.2) is 34.8 Å². The molecule has 0 radical (unpaired) electrons. The van der Waals surface area contributed by atoms with Gasteiger partial charge in [0, 0.05) is 9.35 Å². The second-order valence-corrected chi connectivity index (χ2v) is 5.91. The fourth-order valence-corrected chi connectivity index (χ4v) is 2.93. The van der Waals surface area contributed by atoms with Crippen LogP contribution in [0.1, 0.15) is 16.5 Å². The summed E-state index contributed by atoms with van der Waals surface area (Å²) in [5.74, 6) is -0.383. The van der Waals surface area contributed by atoms with E-state index in [1.54, 1.807) is 18.2 Å². The molecule has 1 heterocycles. The lowest BCUT2D eigenvalue weighted by atomic mass is 10.1. The molecule has 0 fully saturated rings. The van der Waals surface area contributed by atoms with Crippen LogP contribution in [-0.2, 0) is 0 Å². The Labute approximate surface area is 110 Å². The van der Waals surface area contributed by atoms with Crippen molar-refractivity contribution in [2.45, 2.75) is 6.10 Å². The summed E-state index contributed by atoms with van der Waals surface area (Å²) in [4.78, 5) is 0.697. The summed E-state index contributed by atoms with van der Waals surface area (Å²) in [6.45, 7) is 0. The smallest absolute Gasteiger partial charge is 0.124 e. The van der Waals surface area contributed by atoms with Crippen molar-refractivity contribution in [3.05, 3.63) is 55.4 Å². The van der Waals surface area contributed by atoms with Crippen LogP contribution in [0.5, 0.6) is 0 Å². The molecule has 16 heavy (non-hydrogen) atoms. The molecule has 0 saturated heterocycles. The van der Waals surface area contributed by atoms with Gasteiger partial charge in [-0.2, -0.15) is 0 Å². The minimum absolute atomic E-state index is 0.383. The van der Waals surface area contributed by atoms with E-state index in [9.17, 15) is 9.50 Å². The first-order chi connectivity index (χ1) is 7.56. The third-order valence-corrected chi connectivity index (χ3v) is 3.81. The zero-order valence-electron chi connectivity index (χ0n) is 7.95. The third-order valence-electron chi connectivity index (χ3n) is 2.06. The van der Waals surface area contributed by atoms with Crippen molar-refractivity contribution in [1.82, 2.24) is 0 Å². The van der Waals surface area contributed by atoms with Crippen LogP contribution in [0, 0.1) is 5.82 Å². The summed E-state index contributed by atoms with van der Waals surface area (Å²) in [6.07, 6.45) is -0.843. The Bertz CT molecular complexity index is 494. The zero-order valence-corrected chi connectivity index (χ0v) is 11.1. The SMILES string of the molecule is OC(c1cc(F)cc(Br)c1)c1ccc(Cl)s1. The maximum Gasteiger partial charge on any atom is 0.124 e. The van der Waals surface area contributed by atoms with Crippen LogP contribution >= 0.6 is 38.9 Å². The Morgan fingerprint density at radius 2 is 2.06 bits per heavy atom. The van der Waals surface area contributed by atoms with Crippen molar-refractivity contribution in [3.8, 4) is 0 Å². The first kappa shape index (κ1) is 12.0. The van der Waals surface area contributed by atoms with Crippen molar-refractivity contribution >= 4 is 38.9 Å². The number of rotatable bonds is 2. The summed E-state index contributed by atoms with van der Waals surface area (Å²) >= 11 is 10.2. The Balaban J connectivity index is 2.37. The predicted molar refractivity (Wildman–Crippen MR) is 67.5 cm³/mol. The standard InChI is InChI=1S/C11H7BrClFOS/c12-7-3-6(4-8(14)5-7)11(15)9-1-2-10(13)16-9/h1-5,11,15H. The fraction of sp³-hybridized carbons (Fsp3) is 0.0909. The maximum atomic E-state index is 13.1. The van der Waals surface area contributed by atoms with Gasteiger partial charge in [0.05, 0.1) is 4.34 Å². The molecular formula is C11H7BrClFOS. The lowest BCUT2D eigenvalue weighted by Crippen LogP contribution is -1.97. The molecule has 2 aromatic rings.